The summed E-state index contributed by atoms with van der Waals surface area (Å²) in [6.07, 6.45) is 9.93. The second-order valence-corrected chi connectivity index (χ2v) is 8.27. The van der Waals surface area contributed by atoms with Crippen molar-refractivity contribution >= 4 is 11.8 Å². The molecule has 5 heteroatoms. The zero-order valence-corrected chi connectivity index (χ0v) is 16.4. The Morgan fingerprint density at radius 2 is 2.00 bits per heavy atom. The number of benzene rings is 1. The quantitative estimate of drug-likeness (QED) is 0.736. The highest BCUT2D eigenvalue weighted by atomic mass is 16.5. The summed E-state index contributed by atoms with van der Waals surface area (Å²) in [4.78, 5) is 27.4. The van der Waals surface area contributed by atoms with Gasteiger partial charge in [0, 0.05) is 13.1 Å². The maximum atomic E-state index is 13.5. The Balaban J connectivity index is 1.48. The van der Waals surface area contributed by atoms with E-state index in [-0.39, 0.29) is 18.4 Å². The highest BCUT2D eigenvalue weighted by Crippen LogP contribution is 2.32. The minimum atomic E-state index is -0.654. The first-order chi connectivity index (χ1) is 13.7. The summed E-state index contributed by atoms with van der Waals surface area (Å²) in [6.45, 7) is 1.50. The van der Waals surface area contributed by atoms with Crippen molar-refractivity contribution in [3.63, 3.8) is 0 Å². The molecule has 1 aliphatic heterocycles. The van der Waals surface area contributed by atoms with E-state index in [1.807, 2.05) is 35.2 Å². The number of carbonyl (C=O) groups is 2. The van der Waals surface area contributed by atoms with Crippen LogP contribution in [0.5, 0.6) is 0 Å². The van der Waals surface area contributed by atoms with E-state index in [2.05, 4.69) is 11.4 Å². The van der Waals surface area contributed by atoms with Crippen LogP contribution in [0.3, 0.4) is 0 Å². The average Bonchev–Trinajstić information content (AvgIpc) is 3.56. The monoisotopic (exact) mass is 382 g/mol. The van der Waals surface area contributed by atoms with Gasteiger partial charge in [-0.05, 0) is 56.4 Å². The van der Waals surface area contributed by atoms with E-state index >= 15 is 0 Å². The zero-order valence-electron chi connectivity index (χ0n) is 16.4. The standard InChI is InChI=1S/C23H30N2O3/c26-20-16-28-22(21(24-20)19-9-5-2-6-10-19)23(27)25(15-18-11-12-18)14-13-17-7-3-1-4-8-17/h2,5-7,9-10,18,21-22H,1,3-4,8,11-16H2,(H,24,26). The minimum absolute atomic E-state index is 0.0113. The minimum Gasteiger partial charge on any atom is -0.356 e. The van der Waals surface area contributed by atoms with Crippen molar-refractivity contribution in [2.75, 3.05) is 19.7 Å². The summed E-state index contributed by atoms with van der Waals surface area (Å²) in [5, 5.41) is 2.97. The SMILES string of the molecule is O=C1COC(C(=O)N(CCC2=CCCCC2)CC2CC2)C(c2ccccc2)N1. The van der Waals surface area contributed by atoms with Gasteiger partial charge in [0.1, 0.15) is 6.61 Å². The van der Waals surface area contributed by atoms with Crippen LogP contribution < -0.4 is 5.32 Å². The van der Waals surface area contributed by atoms with Gasteiger partial charge < -0.3 is 15.0 Å². The molecular formula is C23H30N2O3. The number of hydrogen-bond donors (Lipinski definition) is 1. The molecule has 0 spiro atoms. The highest BCUT2D eigenvalue weighted by Gasteiger charge is 2.39. The summed E-state index contributed by atoms with van der Waals surface area (Å²) >= 11 is 0. The van der Waals surface area contributed by atoms with Gasteiger partial charge in [-0.15, -0.1) is 0 Å². The molecule has 5 nitrogen and oxygen atoms in total. The van der Waals surface area contributed by atoms with E-state index in [0.717, 1.165) is 31.5 Å². The molecular weight excluding hydrogens is 352 g/mol. The lowest BCUT2D eigenvalue weighted by molar-refractivity contribution is -0.155. The molecule has 2 fully saturated rings. The van der Waals surface area contributed by atoms with Gasteiger partial charge in [-0.25, -0.2) is 0 Å². The molecule has 2 unspecified atom stereocenters. The molecule has 0 radical (unpaired) electrons. The van der Waals surface area contributed by atoms with E-state index in [1.165, 1.54) is 37.7 Å². The molecule has 1 aromatic rings. The predicted octanol–water partition coefficient (Wildman–Crippen LogP) is 3.37. The molecule has 2 amide bonds. The maximum Gasteiger partial charge on any atom is 0.254 e. The van der Waals surface area contributed by atoms with Crippen LogP contribution in [0.2, 0.25) is 0 Å². The number of nitrogens with zero attached hydrogens (tertiary/aromatic N) is 1. The molecule has 3 aliphatic rings. The van der Waals surface area contributed by atoms with Crippen LogP contribution in [-0.2, 0) is 14.3 Å². The summed E-state index contributed by atoms with van der Waals surface area (Å²) in [5.74, 6) is 0.466. The Hall–Kier alpha value is -2.14. The number of nitrogens with one attached hydrogen (secondary N) is 1. The van der Waals surface area contributed by atoms with Crippen molar-refractivity contribution in [1.29, 1.82) is 0 Å². The topological polar surface area (TPSA) is 58.6 Å². The molecule has 2 atom stereocenters. The fraction of sp³-hybridized carbons (Fsp3) is 0.565. The molecule has 28 heavy (non-hydrogen) atoms. The summed E-state index contributed by atoms with van der Waals surface area (Å²) < 4.78 is 5.78. The van der Waals surface area contributed by atoms with Gasteiger partial charge in [-0.2, -0.15) is 0 Å². The Morgan fingerprint density at radius 3 is 2.71 bits per heavy atom. The van der Waals surface area contributed by atoms with Crippen LogP contribution in [0.15, 0.2) is 42.0 Å². The van der Waals surface area contributed by atoms with Gasteiger partial charge in [0.25, 0.3) is 5.91 Å². The first-order valence-electron chi connectivity index (χ1n) is 10.6. The molecule has 1 N–H and O–H groups in total. The molecule has 1 heterocycles. The molecule has 0 bridgehead atoms. The fourth-order valence-corrected chi connectivity index (χ4v) is 4.18. The zero-order chi connectivity index (χ0) is 19.3. The van der Waals surface area contributed by atoms with Gasteiger partial charge in [-0.3, -0.25) is 9.59 Å². The Kier molecular flexibility index (Phi) is 6.10. The van der Waals surface area contributed by atoms with Crippen molar-refractivity contribution in [3.8, 4) is 0 Å². The van der Waals surface area contributed by atoms with Crippen LogP contribution in [0.25, 0.3) is 0 Å². The molecule has 1 saturated carbocycles. The summed E-state index contributed by atoms with van der Waals surface area (Å²) in [7, 11) is 0. The molecule has 0 aromatic heterocycles. The molecule has 1 aromatic carbocycles. The second-order valence-electron chi connectivity index (χ2n) is 8.27. The number of ether oxygens (including phenoxy) is 1. The van der Waals surface area contributed by atoms with Gasteiger partial charge in [0.05, 0.1) is 6.04 Å². The highest BCUT2D eigenvalue weighted by molar-refractivity contribution is 5.86. The molecule has 4 rings (SSSR count). The molecule has 150 valence electrons. The van der Waals surface area contributed by atoms with Gasteiger partial charge >= 0.3 is 0 Å². The summed E-state index contributed by atoms with van der Waals surface area (Å²) in [6, 6.07) is 9.24. The van der Waals surface area contributed by atoms with Crippen molar-refractivity contribution < 1.29 is 14.3 Å². The van der Waals surface area contributed by atoms with E-state index in [0.29, 0.717) is 5.92 Å². The van der Waals surface area contributed by atoms with E-state index < -0.39 is 12.1 Å². The lowest BCUT2D eigenvalue weighted by atomic mass is 9.96. The van der Waals surface area contributed by atoms with Crippen LogP contribution in [0.4, 0.5) is 0 Å². The lowest BCUT2D eigenvalue weighted by Crippen LogP contribution is -2.53. The molecule has 2 aliphatic carbocycles. The van der Waals surface area contributed by atoms with Crippen LogP contribution >= 0.6 is 0 Å². The number of morpholine rings is 1. The maximum absolute atomic E-state index is 13.5. The first-order valence-corrected chi connectivity index (χ1v) is 10.6. The van der Waals surface area contributed by atoms with Gasteiger partial charge in [0.2, 0.25) is 5.91 Å². The van der Waals surface area contributed by atoms with Crippen LogP contribution in [-0.4, -0.2) is 42.5 Å². The number of amides is 2. The largest absolute Gasteiger partial charge is 0.356 e. The number of carbonyl (C=O) groups excluding carboxylic acids is 2. The Labute approximate surface area is 167 Å². The van der Waals surface area contributed by atoms with Crippen molar-refractivity contribution in [1.82, 2.24) is 10.2 Å². The fourth-order valence-electron chi connectivity index (χ4n) is 4.18. The van der Waals surface area contributed by atoms with Crippen molar-refractivity contribution in [2.45, 2.75) is 57.1 Å². The first kappa shape index (κ1) is 19.2. The van der Waals surface area contributed by atoms with Crippen LogP contribution in [0.1, 0.15) is 56.6 Å². The van der Waals surface area contributed by atoms with E-state index in [9.17, 15) is 9.59 Å². The smallest absolute Gasteiger partial charge is 0.254 e. The van der Waals surface area contributed by atoms with Crippen molar-refractivity contribution in [3.05, 3.63) is 47.5 Å². The Bertz CT molecular complexity index is 727. The normalized spacial score (nSPS) is 25.0. The lowest BCUT2D eigenvalue weighted by Gasteiger charge is -2.35. The van der Waals surface area contributed by atoms with E-state index in [4.69, 9.17) is 4.74 Å². The molecule has 1 saturated heterocycles. The number of allylic oxidation sites excluding steroid dienone is 1. The Morgan fingerprint density at radius 1 is 1.18 bits per heavy atom. The van der Waals surface area contributed by atoms with E-state index in [1.54, 1.807) is 0 Å². The van der Waals surface area contributed by atoms with Gasteiger partial charge in [0.15, 0.2) is 6.10 Å². The predicted molar refractivity (Wildman–Crippen MR) is 108 cm³/mol. The number of hydrogen-bond acceptors (Lipinski definition) is 3. The summed E-state index contributed by atoms with van der Waals surface area (Å²) in [5.41, 5.74) is 2.40. The van der Waals surface area contributed by atoms with Crippen LogP contribution in [0, 0.1) is 5.92 Å². The van der Waals surface area contributed by atoms with Crippen molar-refractivity contribution in [2.24, 2.45) is 5.92 Å². The third-order valence-corrected chi connectivity index (χ3v) is 5.99. The third-order valence-electron chi connectivity index (χ3n) is 5.99. The van der Waals surface area contributed by atoms with Gasteiger partial charge in [-0.1, -0.05) is 42.0 Å². The second kappa shape index (κ2) is 8.91. The third kappa shape index (κ3) is 4.82. The number of rotatable bonds is 7. The average molecular weight is 383 g/mol.